The number of carbonyl (C=O) groups excluding carboxylic acids is 1. The molecule has 0 aromatic rings. The lowest BCUT2D eigenvalue weighted by molar-refractivity contribution is -0.142. The number of thiocarbonyl (C=S) groups is 1. The molecule has 0 aromatic heterocycles. The van der Waals surface area contributed by atoms with Gasteiger partial charge in [0.25, 0.3) is 0 Å². The SMILES string of the molecule is CC1CCN(C(=O)C2(C(N)=S)CCCC2)C(C)C1. The second-order valence-corrected chi connectivity index (χ2v) is 6.57. The van der Waals surface area contributed by atoms with Crippen LogP contribution in [0.2, 0.25) is 0 Å². The van der Waals surface area contributed by atoms with Crippen molar-refractivity contribution in [2.75, 3.05) is 6.54 Å². The van der Waals surface area contributed by atoms with E-state index in [1.165, 1.54) is 0 Å². The average molecular weight is 268 g/mol. The van der Waals surface area contributed by atoms with Gasteiger partial charge in [0, 0.05) is 12.6 Å². The van der Waals surface area contributed by atoms with Gasteiger partial charge in [0.2, 0.25) is 5.91 Å². The van der Waals surface area contributed by atoms with Crippen molar-refractivity contribution in [1.82, 2.24) is 4.90 Å². The molecule has 2 N–H and O–H groups in total. The van der Waals surface area contributed by atoms with Gasteiger partial charge in [-0.15, -0.1) is 0 Å². The first-order chi connectivity index (χ1) is 8.47. The summed E-state index contributed by atoms with van der Waals surface area (Å²) in [6.45, 7) is 5.28. The maximum Gasteiger partial charge on any atom is 0.235 e. The largest absolute Gasteiger partial charge is 0.392 e. The Morgan fingerprint density at radius 2 is 1.94 bits per heavy atom. The number of piperidine rings is 1. The molecule has 0 radical (unpaired) electrons. The van der Waals surface area contributed by atoms with Crippen LogP contribution in [-0.4, -0.2) is 28.4 Å². The fourth-order valence-electron chi connectivity index (χ4n) is 3.53. The number of carbonyl (C=O) groups is 1. The number of hydrogen-bond donors (Lipinski definition) is 1. The molecule has 18 heavy (non-hydrogen) atoms. The summed E-state index contributed by atoms with van der Waals surface area (Å²) in [5, 5.41) is 0. The van der Waals surface area contributed by atoms with Crippen molar-refractivity contribution >= 4 is 23.1 Å². The Labute approximate surface area is 115 Å². The van der Waals surface area contributed by atoms with Crippen LogP contribution in [0.25, 0.3) is 0 Å². The zero-order chi connectivity index (χ0) is 13.3. The molecule has 2 aliphatic rings. The first kappa shape index (κ1) is 13.8. The Morgan fingerprint density at radius 3 is 2.44 bits per heavy atom. The molecular weight excluding hydrogens is 244 g/mol. The second-order valence-electron chi connectivity index (χ2n) is 6.13. The third kappa shape index (κ3) is 2.27. The van der Waals surface area contributed by atoms with Crippen LogP contribution in [0.3, 0.4) is 0 Å². The zero-order valence-corrected chi connectivity index (χ0v) is 12.3. The molecule has 2 atom stereocenters. The van der Waals surface area contributed by atoms with Gasteiger partial charge >= 0.3 is 0 Å². The Bertz CT molecular complexity index is 350. The molecule has 3 nitrogen and oxygen atoms in total. The normalized spacial score (nSPS) is 31.3. The van der Waals surface area contributed by atoms with Crippen LogP contribution in [0.5, 0.6) is 0 Å². The monoisotopic (exact) mass is 268 g/mol. The van der Waals surface area contributed by atoms with Crippen LogP contribution in [-0.2, 0) is 4.79 Å². The van der Waals surface area contributed by atoms with E-state index in [0.29, 0.717) is 16.9 Å². The Kier molecular flexibility index (Phi) is 3.95. The van der Waals surface area contributed by atoms with Gasteiger partial charge < -0.3 is 10.6 Å². The van der Waals surface area contributed by atoms with E-state index in [0.717, 1.165) is 45.1 Å². The molecule has 1 saturated carbocycles. The minimum atomic E-state index is -0.524. The molecular formula is C14H24N2OS. The van der Waals surface area contributed by atoms with E-state index in [2.05, 4.69) is 13.8 Å². The quantitative estimate of drug-likeness (QED) is 0.783. The molecule has 2 unspecified atom stereocenters. The maximum absolute atomic E-state index is 12.8. The summed E-state index contributed by atoms with van der Waals surface area (Å²) in [6.07, 6.45) is 6.03. The molecule has 0 aromatic carbocycles. The molecule has 1 saturated heterocycles. The number of nitrogens with two attached hydrogens (primary N) is 1. The third-order valence-electron chi connectivity index (χ3n) is 4.74. The van der Waals surface area contributed by atoms with Crippen molar-refractivity contribution < 1.29 is 4.79 Å². The van der Waals surface area contributed by atoms with E-state index in [1.807, 2.05) is 4.90 Å². The van der Waals surface area contributed by atoms with Gasteiger partial charge in [-0.2, -0.15) is 0 Å². The highest BCUT2D eigenvalue weighted by Gasteiger charge is 2.47. The summed E-state index contributed by atoms with van der Waals surface area (Å²) in [5.41, 5.74) is 5.37. The van der Waals surface area contributed by atoms with Crippen LogP contribution in [0.1, 0.15) is 52.4 Å². The van der Waals surface area contributed by atoms with Crippen molar-refractivity contribution in [3.63, 3.8) is 0 Å². The second kappa shape index (κ2) is 5.16. The van der Waals surface area contributed by atoms with Gasteiger partial charge in [-0.1, -0.05) is 32.0 Å². The van der Waals surface area contributed by atoms with Gasteiger partial charge in [0.05, 0.1) is 10.4 Å². The van der Waals surface area contributed by atoms with Gasteiger partial charge in [0.1, 0.15) is 0 Å². The van der Waals surface area contributed by atoms with Crippen LogP contribution >= 0.6 is 12.2 Å². The van der Waals surface area contributed by atoms with Crippen LogP contribution in [0.4, 0.5) is 0 Å². The summed E-state index contributed by atoms with van der Waals surface area (Å²) >= 11 is 5.21. The lowest BCUT2D eigenvalue weighted by Gasteiger charge is -2.41. The van der Waals surface area contributed by atoms with E-state index in [4.69, 9.17) is 18.0 Å². The van der Waals surface area contributed by atoms with Crippen molar-refractivity contribution in [3.05, 3.63) is 0 Å². The van der Waals surface area contributed by atoms with Crippen LogP contribution in [0.15, 0.2) is 0 Å². The summed E-state index contributed by atoms with van der Waals surface area (Å²) in [6, 6.07) is 0.327. The lowest BCUT2D eigenvalue weighted by atomic mass is 9.82. The van der Waals surface area contributed by atoms with Gasteiger partial charge in [-0.05, 0) is 38.5 Å². The summed E-state index contributed by atoms with van der Waals surface area (Å²) in [7, 11) is 0. The lowest BCUT2D eigenvalue weighted by Crippen LogP contribution is -2.54. The van der Waals surface area contributed by atoms with Crippen LogP contribution < -0.4 is 5.73 Å². The minimum Gasteiger partial charge on any atom is -0.392 e. The minimum absolute atomic E-state index is 0.201. The van der Waals surface area contributed by atoms with Crippen molar-refractivity contribution in [2.24, 2.45) is 17.1 Å². The Morgan fingerprint density at radius 1 is 1.33 bits per heavy atom. The highest BCUT2D eigenvalue weighted by atomic mass is 32.1. The number of likely N-dealkylation sites (tertiary alicyclic amines) is 1. The highest BCUT2D eigenvalue weighted by molar-refractivity contribution is 7.80. The number of amides is 1. The molecule has 1 aliphatic carbocycles. The standard InChI is InChI=1S/C14H24N2OS/c1-10-5-8-16(11(2)9-10)13(17)14(12(15)18)6-3-4-7-14/h10-11H,3-9H2,1-2H3,(H2,15,18). The molecule has 2 rings (SSSR count). The maximum atomic E-state index is 12.8. The smallest absolute Gasteiger partial charge is 0.235 e. The number of rotatable bonds is 2. The summed E-state index contributed by atoms with van der Waals surface area (Å²) in [5.74, 6) is 0.917. The fourth-order valence-corrected chi connectivity index (χ4v) is 3.82. The molecule has 1 heterocycles. The molecule has 2 fully saturated rings. The van der Waals surface area contributed by atoms with Crippen molar-refractivity contribution in [2.45, 2.75) is 58.4 Å². The van der Waals surface area contributed by atoms with Crippen molar-refractivity contribution in [1.29, 1.82) is 0 Å². The number of nitrogens with zero attached hydrogens (tertiary/aromatic N) is 1. The first-order valence-corrected chi connectivity index (χ1v) is 7.49. The van der Waals surface area contributed by atoms with Gasteiger partial charge in [0.15, 0.2) is 0 Å². The fraction of sp³-hybridized carbons (Fsp3) is 0.857. The Balaban J connectivity index is 2.17. The number of hydrogen-bond acceptors (Lipinski definition) is 2. The molecule has 1 aliphatic heterocycles. The van der Waals surface area contributed by atoms with E-state index in [-0.39, 0.29) is 5.91 Å². The third-order valence-corrected chi connectivity index (χ3v) is 5.13. The molecule has 0 spiro atoms. The molecule has 1 amide bonds. The highest BCUT2D eigenvalue weighted by Crippen LogP contribution is 2.41. The average Bonchev–Trinajstić information content (AvgIpc) is 2.78. The summed E-state index contributed by atoms with van der Waals surface area (Å²) < 4.78 is 0. The van der Waals surface area contributed by atoms with E-state index >= 15 is 0 Å². The van der Waals surface area contributed by atoms with Crippen LogP contribution in [0, 0.1) is 11.3 Å². The zero-order valence-electron chi connectivity index (χ0n) is 11.4. The predicted octanol–water partition coefficient (Wildman–Crippen LogP) is 2.48. The van der Waals surface area contributed by atoms with Gasteiger partial charge in [-0.3, -0.25) is 4.79 Å². The molecule has 102 valence electrons. The molecule has 0 bridgehead atoms. The topological polar surface area (TPSA) is 46.3 Å². The van der Waals surface area contributed by atoms with Crippen molar-refractivity contribution in [3.8, 4) is 0 Å². The van der Waals surface area contributed by atoms with E-state index in [9.17, 15) is 4.79 Å². The first-order valence-electron chi connectivity index (χ1n) is 7.08. The van der Waals surface area contributed by atoms with E-state index < -0.39 is 5.41 Å². The molecule has 4 heteroatoms. The summed E-state index contributed by atoms with van der Waals surface area (Å²) in [4.78, 5) is 15.3. The predicted molar refractivity (Wildman–Crippen MR) is 77.3 cm³/mol. The van der Waals surface area contributed by atoms with E-state index in [1.54, 1.807) is 0 Å². The Hall–Kier alpha value is -0.640. The van der Waals surface area contributed by atoms with Gasteiger partial charge in [-0.25, -0.2) is 0 Å².